The van der Waals surface area contributed by atoms with Crippen LogP contribution in [0.4, 0.5) is 13.2 Å². The van der Waals surface area contributed by atoms with Crippen molar-refractivity contribution in [3.05, 3.63) is 57.3 Å². The number of halogens is 3. The molecule has 0 fully saturated rings. The van der Waals surface area contributed by atoms with Gasteiger partial charge < -0.3 is 5.32 Å². The van der Waals surface area contributed by atoms with Crippen molar-refractivity contribution in [3.63, 3.8) is 0 Å². The number of rotatable bonds is 4. The Morgan fingerprint density at radius 2 is 2.00 bits per heavy atom. The second kappa shape index (κ2) is 5.97. The molecule has 2 aromatic rings. The molecule has 0 aliphatic carbocycles. The second-order valence-corrected chi connectivity index (χ2v) is 5.72. The van der Waals surface area contributed by atoms with Crippen molar-refractivity contribution in [3.8, 4) is 0 Å². The van der Waals surface area contributed by atoms with Gasteiger partial charge in [-0.1, -0.05) is 18.2 Å². The van der Waals surface area contributed by atoms with Crippen LogP contribution in [0.25, 0.3) is 0 Å². The maximum Gasteiger partial charge on any atom is 0.416 e. The lowest BCUT2D eigenvalue weighted by molar-refractivity contribution is -0.137. The number of hydrogen-bond acceptors (Lipinski definition) is 2. The van der Waals surface area contributed by atoms with Crippen LogP contribution in [0.15, 0.2) is 35.7 Å². The SMILES string of the molecule is Cc1ccsc1C(C)NCc1cccc(C(F)(F)F)c1. The largest absolute Gasteiger partial charge is 0.416 e. The van der Waals surface area contributed by atoms with Gasteiger partial charge in [0.1, 0.15) is 0 Å². The Morgan fingerprint density at radius 3 is 2.60 bits per heavy atom. The van der Waals surface area contributed by atoms with Crippen LogP contribution in [0, 0.1) is 6.92 Å². The van der Waals surface area contributed by atoms with E-state index in [2.05, 4.69) is 5.32 Å². The Bertz CT molecular complexity index is 574. The molecule has 0 aliphatic heterocycles. The average molecular weight is 299 g/mol. The van der Waals surface area contributed by atoms with E-state index in [1.807, 2.05) is 25.3 Å². The van der Waals surface area contributed by atoms with Crippen LogP contribution in [0.3, 0.4) is 0 Å². The molecule has 0 bridgehead atoms. The molecule has 1 heterocycles. The van der Waals surface area contributed by atoms with Crippen LogP contribution in [0.2, 0.25) is 0 Å². The van der Waals surface area contributed by atoms with Gasteiger partial charge >= 0.3 is 6.18 Å². The zero-order valence-corrected chi connectivity index (χ0v) is 12.1. The Labute approximate surface area is 120 Å². The summed E-state index contributed by atoms with van der Waals surface area (Å²) in [6.45, 7) is 4.48. The monoisotopic (exact) mass is 299 g/mol. The molecular formula is C15H16F3NS. The van der Waals surface area contributed by atoms with Crippen molar-refractivity contribution in [1.82, 2.24) is 5.32 Å². The summed E-state index contributed by atoms with van der Waals surface area (Å²) >= 11 is 1.66. The molecule has 1 aromatic heterocycles. The van der Waals surface area contributed by atoms with Crippen LogP contribution in [-0.2, 0) is 12.7 Å². The fourth-order valence-corrected chi connectivity index (χ4v) is 3.01. The van der Waals surface area contributed by atoms with Crippen LogP contribution in [0.1, 0.15) is 34.5 Å². The number of benzene rings is 1. The lowest BCUT2D eigenvalue weighted by Crippen LogP contribution is -2.18. The molecule has 1 nitrogen and oxygen atoms in total. The van der Waals surface area contributed by atoms with E-state index < -0.39 is 11.7 Å². The van der Waals surface area contributed by atoms with Gasteiger partial charge in [0.2, 0.25) is 0 Å². The lowest BCUT2D eigenvalue weighted by Gasteiger charge is -2.14. The van der Waals surface area contributed by atoms with E-state index in [1.165, 1.54) is 22.6 Å². The van der Waals surface area contributed by atoms with Crippen LogP contribution in [0.5, 0.6) is 0 Å². The minimum atomic E-state index is -4.29. The minimum absolute atomic E-state index is 0.129. The van der Waals surface area contributed by atoms with E-state index in [0.717, 1.165) is 6.07 Å². The fourth-order valence-electron chi connectivity index (χ4n) is 2.05. The highest BCUT2D eigenvalue weighted by atomic mass is 32.1. The molecule has 0 spiro atoms. The molecule has 20 heavy (non-hydrogen) atoms. The first-order valence-corrected chi connectivity index (χ1v) is 7.19. The van der Waals surface area contributed by atoms with Gasteiger partial charge in [-0.2, -0.15) is 13.2 Å². The van der Waals surface area contributed by atoms with Gasteiger partial charge in [0, 0.05) is 17.5 Å². The third kappa shape index (κ3) is 3.61. The number of thiophene rings is 1. The molecule has 2 rings (SSSR count). The normalized spacial score (nSPS) is 13.4. The van der Waals surface area contributed by atoms with Gasteiger partial charge in [0.05, 0.1) is 5.56 Å². The molecule has 108 valence electrons. The molecule has 1 aromatic carbocycles. The maximum atomic E-state index is 12.6. The average Bonchev–Trinajstić information content (AvgIpc) is 2.82. The minimum Gasteiger partial charge on any atom is -0.305 e. The number of aryl methyl sites for hydroxylation is 1. The zero-order valence-electron chi connectivity index (χ0n) is 11.3. The van der Waals surface area contributed by atoms with E-state index in [4.69, 9.17) is 0 Å². The van der Waals surface area contributed by atoms with E-state index >= 15 is 0 Å². The lowest BCUT2D eigenvalue weighted by atomic mass is 10.1. The van der Waals surface area contributed by atoms with Crippen molar-refractivity contribution in [1.29, 1.82) is 0 Å². The van der Waals surface area contributed by atoms with Gasteiger partial charge in [-0.15, -0.1) is 11.3 Å². The molecule has 1 N–H and O–H groups in total. The number of nitrogens with one attached hydrogen (secondary N) is 1. The third-order valence-electron chi connectivity index (χ3n) is 3.16. The summed E-state index contributed by atoms with van der Waals surface area (Å²) in [5.74, 6) is 0. The van der Waals surface area contributed by atoms with Crippen LogP contribution >= 0.6 is 11.3 Å². The first kappa shape index (κ1) is 15.1. The maximum absolute atomic E-state index is 12.6. The summed E-state index contributed by atoms with van der Waals surface area (Å²) in [5.41, 5.74) is 1.25. The van der Waals surface area contributed by atoms with Gasteiger partial charge in [0.25, 0.3) is 0 Å². The molecule has 0 saturated heterocycles. The van der Waals surface area contributed by atoms with Crippen molar-refractivity contribution in [2.75, 3.05) is 0 Å². The Balaban J connectivity index is 2.03. The van der Waals surface area contributed by atoms with Gasteiger partial charge in [0.15, 0.2) is 0 Å². The Hall–Kier alpha value is -1.33. The first-order chi connectivity index (χ1) is 9.38. The zero-order chi connectivity index (χ0) is 14.8. The highest BCUT2D eigenvalue weighted by Gasteiger charge is 2.30. The molecule has 0 saturated carbocycles. The summed E-state index contributed by atoms with van der Waals surface area (Å²) in [5, 5.41) is 5.28. The number of hydrogen-bond donors (Lipinski definition) is 1. The molecule has 5 heteroatoms. The van der Waals surface area contributed by atoms with E-state index in [-0.39, 0.29) is 6.04 Å². The predicted molar refractivity (Wildman–Crippen MR) is 75.8 cm³/mol. The van der Waals surface area contributed by atoms with Gasteiger partial charge in [-0.25, -0.2) is 0 Å². The summed E-state index contributed by atoms with van der Waals surface area (Å²) in [6.07, 6.45) is -4.29. The summed E-state index contributed by atoms with van der Waals surface area (Å²) in [6, 6.07) is 7.61. The molecule has 0 amide bonds. The van der Waals surface area contributed by atoms with Crippen LogP contribution in [-0.4, -0.2) is 0 Å². The molecule has 1 unspecified atom stereocenters. The molecule has 0 radical (unpaired) electrons. The highest BCUT2D eigenvalue weighted by molar-refractivity contribution is 7.10. The fraction of sp³-hybridized carbons (Fsp3) is 0.333. The summed E-state index contributed by atoms with van der Waals surface area (Å²) < 4.78 is 37.9. The van der Waals surface area contributed by atoms with Crippen molar-refractivity contribution in [2.45, 2.75) is 32.6 Å². The Kier molecular flexibility index (Phi) is 4.50. The van der Waals surface area contributed by atoms with Gasteiger partial charge in [-0.05, 0) is 42.5 Å². The van der Waals surface area contributed by atoms with Crippen molar-refractivity contribution < 1.29 is 13.2 Å². The van der Waals surface area contributed by atoms with Crippen LogP contribution < -0.4 is 5.32 Å². The number of alkyl halides is 3. The molecular weight excluding hydrogens is 283 g/mol. The second-order valence-electron chi connectivity index (χ2n) is 4.77. The third-order valence-corrected chi connectivity index (χ3v) is 4.36. The van der Waals surface area contributed by atoms with E-state index in [9.17, 15) is 13.2 Å². The van der Waals surface area contributed by atoms with Crippen molar-refractivity contribution >= 4 is 11.3 Å². The smallest absolute Gasteiger partial charge is 0.305 e. The Morgan fingerprint density at radius 1 is 1.25 bits per heavy atom. The van der Waals surface area contributed by atoms with E-state index in [1.54, 1.807) is 17.4 Å². The van der Waals surface area contributed by atoms with Crippen molar-refractivity contribution in [2.24, 2.45) is 0 Å². The summed E-state index contributed by atoms with van der Waals surface area (Å²) in [4.78, 5) is 1.22. The van der Waals surface area contributed by atoms with Gasteiger partial charge in [-0.3, -0.25) is 0 Å². The quantitative estimate of drug-likeness (QED) is 0.844. The first-order valence-electron chi connectivity index (χ1n) is 6.31. The van der Waals surface area contributed by atoms with E-state index in [0.29, 0.717) is 12.1 Å². The standard InChI is InChI=1S/C15H16F3NS/c1-10-6-7-20-14(10)11(2)19-9-12-4-3-5-13(8-12)15(16,17)18/h3-8,11,19H,9H2,1-2H3. The molecule has 0 aliphatic rings. The highest BCUT2D eigenvalue weighted by Crippen LogP contribution is 2.30. The molecule has 1 atom stereocenters. The summed E-state index contributed by atoms with van der Waals surface area (Å²) in [7, 11) is 0. The topological polar surface area (TPSA) is 12.0 Å². The predicted octanol–water partition coefficient (Wildman–Crippen LogP) is 4.93.